The summed E-state index contributed by atoms with van der Waals surface area (Å²) in [7, 11) is 0. The Morgan fingerprint density at radius 2 is 1.96 bits per heavy atom. The molecule has 1 N–H and O–H groups in total. The van der Waals surface area contributed by atoms with Gasteiger partial charge in [-0.1, -0.05) is 20.8 Å². The van der Waals surface area contributed by atoms with E-state index in [1.165, 1.54) is 10.9 Å². The molecule has 3 rings (SSSR count). The largest absolute Gasteiger partial charge is 0.369 e. The Balaban J connectivity index is 2.12. The number of hydrogen-bond donors (Lipinski definition) is 1. The summed E-state index contributed by atoms with van der Waals surface area (Å²) < 4.78 is 0. The molecule has 0 amide bonds. The molecule has 0 saturated heterocycles. The van der Waals surface area contributed by atoms with Gasteiger partial charge in [0.05, 0.1) is 5.39 Å². The second-order valence-corrected chi connectivity index (χ2v) is 6.96. The van der Waals surface area contributed by atoms with Crippen molar-refractivity contribution >= 4 is 27.4 Å². The minimum Gasteiger partial charge on any atom is -0.369 e. The van der Waals surface area contributed by atoms with Gasteiger partial charge in [-0.05, 0) is 41.8 Å². The Kier molecular flexibility index (Phi) is 4.86. The van der Waals surface area contributed by atoms with Gasteiger partial charge in [0, 0.05) is 24.5 Å². The minimum atomic E-state index is 0.617. The van der Waals surface area contributed by atoms with Gasteiger partial charge in [-0.2, -0.15) is 0 Å². The Morgan fingerprint density at radius 3 is 2.65 bits per heavy atom. The summed E-state index contributed by atoms with van der Waals surface area (Å²) in [6.07, 6.45) is 5.68. The highest BCUT2D eigenvalue weighted by molar-refractivity contribution is 7.17. The molecule has 0 spiro atoms. The first kappa shape index (κ1) is 15.9. The maximum absolute atomic E-state index is 4.81. The van der Waals surface area contributed by atoms with E-state index in [9.17, 15) is 0 Å². The minimum absolute atomic E-state index is 0.617. The van der Waals surface area contributed by atoms with Crippen LogP contribution in [0.25, 0.3) is 21.6 Å². The van der Waals surface area contributed by atoms with Crippen molar-refractivity contribution in [3.05, 3.63) is 35.5 Å². The molecule has 0 aliphatic heterocycles. The third-order valence-corrected chi connectivity index (χ3v) is 4.54. The summed E-state index contributed by atoms with van der Waals surface area (Å²) >= 11 is 1.71. The second-order valence-electron chi connectivity index (χ2n) is 6.10. The van der Waals surface area contributed by atoms with E-state index in [0.29, 0.717) is 5.92 Å². The Morgan fingerprint density at radius 1 is 1.17 bits per heavy atom. The molecule has 3 aromatic rings. The number of aromatic nitrogens is 3. The zero-order valence-electron chi connectivity index (χ0n) is 13.8. The van der Waals surface area contributed by atoms with Gasteiger partial charge in [-0.3, -0.25) is 4.98 Å². The van der Waals surface area contributed by atoms with Crippen molar-refractivity contribution in [2.75, 3.05) is 11.9 Å². The highest BCUT2D eigenvalue weighted by Gasteiger charge is 2.15. The van der Waals surface area contributed by atoms with Gasteiger partial charge < -0.3 is 5.32 Å². The molecule has 0 fully saturated rings. The normalized spacial score (nSPS) is 11.3. The van der Waals surface area contributed by atoms with Gasteiger partial charge in [0.15, 0.2) is 5.82 Å². The molecule has 120 valence electrons. The monoisotopic (exact) mass is 326 g/mol. The lowest BCUT2D eigenvalue weighted by molar-refractivity contribution is 0.651. The molecule has 23 heavy (non-hydrogen) atoms. The fraction of sp³-hybridized carbons (Fsp3) is 0.389. The number of hydrogen-bond acceptors (Lipinski definition) is 5. The standard InChI is InChI=1S/C18H22N4S/c1-4-7-20-17-15-14(10-12(2)3)11-23-18(15)22-16(21-17)13-5-8-19-9-6-13/h5-6,8-9,11-12H,4,7,10H2,1-3H3,(H,20,21,22). The fourth-order valence-electron chi connectivity index (χ4n) is 2.59. The van der Waals surface area contributed by atoms with Crippen LogP contribution in [-0.2, 0) is 6.42 Å². The van der Waals surface area contributed by atoms with Crippen molar-refractivity contribution in [2.45, 2.75) is 33.6 Å². The molecule has 4 nitrogen and oxygen atoms in total. The van der Waals surface area contributed by atoms with Crippen molar-refractivity contribution < 1.29 is 0 Å². The molecular formula is C18H22N4S. The van der Waals surface area contributed by atoms with E-state index >= 15 is 0 Å². The van der Waals surface area contributed by atoms with Crippen LogP contribution < -0.4 is 5.32 Å². The van der Waals surface area contributed by atoms with Crippen LogP contribution in [0.15, 0.2) is 29.9 Å². The van der Waals surface area contributed by atoms with Gasteiger partial charge in [-0.15, -0.1) is 11.3 Å². The number of rotatable bonds is 6. The lowest BCUT2D eigenvalue weighted by Crippen LogP contribution is -2.05. The third kappa shape index (κ3) is 3.50. The highest BCUT2D eigenvalue weighted by Crippen LogP contribution is 2.33. The van der Waals surface area contributed by atoms with Crippen LogP contribution in [0.3, 0.4) is 0 Å². The van der Waals surface area contributed by atoms with E-state index in [0.717, 1.165) is 41.4 Å². The molecule has 0 aromatic carbocycles. The quantitative estimate of drug-likeness (QED) is 0.708. The van der Waals surface area contributed by atoms with E-state index in [4.69, 9.17) is 9.97 Å². The first-order valence-electron chi connectivity index (χ1n) is 8.11. The van der Waals surface area contributed by atoms with Crippen molar-refractivity contribution in [3.8, 4) is 11.4 Å². The van der Waals surface area contributed by atoms with Crippen LogP contribution in [0.2, 0.25) is 0 Å². The molecule has 3 heterocycles. The average Bonchev–Trinajstić information content (AvgIpc) is 2.96. The van der Waals surface area contributed by atoms with E-state index in [1.54, 1.807) is 23.7 Å². The van der Waals surface area contributed by atoms with Crippen molar-refractivity contribution in [3.63, 3.8) is 0 Å². The maximum atomic E-state index is 4.81. The molecule has 0 unspecified atom stereocenters. The maximum Gasteiger partial charge on any atom is 0.163 e. The van der Waals surface area contributed by atoms with Gasteiger partial charge in [0.1, 0.15) is 10.6 Å². The lowest BCUT2D eigenvalue weighted by atomic mass is 10.0. The van der Waals surface area contributed by atoms with E-state index in [2.05, 4.69) is 36.5 Å². The van der Waals surface area contributed by atoms with E-state index in [1.807, 2.05) is 12.1 Å². The molecule has 0 atom stereocenters. The van der Waals surface area contributed by atoms with Crippen molar-refractivity contribution in [1.82, 2.24) is 15.0 Å². The van der Waals surface area contributed by atoms with Crippen molar-refractivity contribution in [1.29, 1.82) is 0 Å². The molecule has 0 bridgehead atoms. The first-order chi connectivity index (χ1) is 11.2. The van der Waals surface area contributed by atoms with Crippen LogP contribution in [0, 0.1) is 5.92 Å². The van der Waals surface area contributed by atoms with Gasteiger partial charge in [0.2, 0.25) is 0 Å². The predicted molar refractivity (Wildman–Crippen MR) is 98.0 cm³/mol. The summed E-state index contributed by atoms with van der Waals surface area (Å²) in [6.45, 7) is 7.57. The van der Waals surface area contributed by atoms with Crippen LogP contribution in [-0.4, -0.2) is 21.5 Å². The molecule has 0 aliphatic rings. The molecule has 0 saturated carbocycles. The first-order valence-corrected chi connectivity index (χ1v) is 8.99. The fourth-order valence-corrected chi connectivity index (χ4v) is 3.54. The smallest absolute Gasteiger partial charge is 0.163 e. The molecular weight excluding hydrogens is 304 g/mol. The van der Waals surface area contributed by atoms with Crippen molar-refractivity contribution in [2.24, 2.45) is 5.92 Å². The summed E-state index contributed by atoms with van der Waals surface area (Å²) in [5, 5.41) is 6.91. The predicted octanol–water partition coefficient (Wildman–Crippen LogP) is 4.77. The Hall–Kier alpha value is -2.01. The Bertz CT molecular complexity index is 780. The van der Waals surface area contributed by atoms with E-state index < -0.39 is 0 Å². The summed E-state index contributed by atoms with van der Waals surface area (Å²) in [4.78, 5) is 14.7. The zero-order chi connectivity index (χ0) is 16.2. The topological polar surface area (TPSA) is 50.7 Å². The van der Waals surface area contributed by atoms with Gasteiger partial charge >= 0.3 is 0 Å². The number of anilines is 1. The number of thiophene rings is 1. The molecule has 0 radical (unpaired) electrons. The van der Waals surface area contributed by atoms with Crippen LogP contribution in [0.4, 0.5) is 5.82 Å². The number of nitrogens with one attached hydrogen (secondary N) is 1. The number of nitrogens with zero attached hydrogens (tertiary/aromatic N) is 3. The molecule has 3 aromatic heterocycles. The molecule has 5 heteroatoms. The lowest BCUT2D eigenvalue weighted by Gasteiger charge is -2.11. The summed E-state index contributed by atoms with van der Waals surface area (Å²) in [6, 6.07) is 3.90. The Labute approximate surface area is 141 Å². The highest BCUT2D eigenvalue weighted by atomic mass is 32.1. The van der Waals surface area contributed by atoms with Crippen LogP contribution >= 0.6 is 11.3 Å². The van der Waals surface area contributed by atoms with Crippen LogP contribution in [0.5, 0.6) is 0 Å². The van der Waals surface area contributed by atoms with Gasteiger partial charge in [0.25, 0.3) is 0 Å². The zero-order valence-corrected chi connectivity index (χ0v) is 14.7. The average molecular weight is 326 g/mol. The summed E-state index contributed by atoms with van der Waals surface area (Å²) in [5.74, 6) is 2.34. The third-order valence-electron chi connectivity index (χ3n) is 3.62. The number of fused-ring (bicyclic) bond motifs is 1. The SMILES string of the molecule is CCCNc1nc(-c2ccncc2)nc2scc(CC(C)C)c12. The number of pyridine rings is 1. The van der Waals surface area contributed by atoms with Crippen LogP contribution in [0.1, 0.15) is 32.8 Å². The summed E-state index contributed by atoms with van der Waals surface area (Å²) in [5.41, 5.74) is 2.35. The second kappa shape index (κ2) is 7.04. The molecule has 0 aliphatic carbocycles. The van der Waals surface area contributed by atoms with Gasteiger partial charge in [-0.25, -0.2) is 9.97 Å². The van der Waals surface area contributed by atoms with E-state index in [-0.39, 0.29) is 0 Å².